The zero-order valence-electron chi connectivity index (χ0n) is 15.3. The molecule has 0 saturated heterocycles. The molecule has 138 valence electrons. The van der Waals surface area contributed by atoms with Crippen LogP contribution in [0, 0.1) is 0 Å². The van der Waals surface area contributed by atoms with Crippen LogP contribution >= 0.6 is 12.2 Å². The number of hydrogen-bond donors (Lipinski definition) is 2. The van der Waals surface area contributed by atoms with E-state index in [1.807, 2.05) is 54.6 Å². The lowest BCUT2D eigenvalue weighted by Crippen LogP contribution is -2.31. The van der Waals surface area contributed by atoms with Crippen molar-refractivity contribution in [3.05, 3.63) is 65.7 Å². The van der Waals surface area contributed by atoms with Crippen molar-refractivity contribution in [2.45, 2.75) is 39.2 Å². The molecule has 4 nitrogen and oxygen atoms in total. The summed E-state index contributed by atoms with van der Waals surface area (Å²) in [6, 6.07) is 18.0. The van der Waals surface area contributed by atoms with Gasteiger partial charge in [0.15, 0.2) is 5.11 Å². The van der Waals surface area contributed by atoms with E-state index in [0.717, 1.165) is 24.3 Å². The molecular formula is C21H27N3OS. The number of benzene rings is 2. The van der Waals surface area contributed by atoms with Crippen LogP contribution in [-0.2, 0) is 6.54 Å². The smallest absolute Gasteiger partial charge is 0.187 e. The highest BCUT2D eigenvalue weighted by Gasteiger charge is 1.96. The summed E-state index contributed by atoms with van der Waals surface area (Å²) in [5.41, 5.74) is 4.99. The lowest BCUT2D eigenvalue weighted by Gasteiger charge is -2.07. The summed E-state index contributed by atoms with van der Waals surface area (Å²) >= 11 is 5.21. The topological polar surface area (TPSA) is 45.6 Å². The zero-order chi connectivity index (χ0) is 18.5. The second-order valence-electron chi connectivity index (χ2n) is 6.02. The van der Waals surface area contributed by atoms with Crippen molar-refractivity contribution in [2.75, 3.05) is 6.61 Å². The van der Waals surface area contributed by atoms with Gasteiger partial charge in [-0.3, -0.25) is 5.43 Å². The van der Waals surface area contributed by atoms with Gasteiger partial charge in [-0.05, 0) is 54.0 Å². The van der Waals surface area contributed by atoms with Crippen LogP contribution < -0.4 is 15.5 Å². The van der Waals surface area contributed by atoms with Crippen molar-refractivity contribution in [2.24, 2.45) is 5.10 Å². The second kappa shape index (κ2) is 12.0. The molecule has 2 aromatic rings. The number of ether oxygens (including phenoxy) is 1. The summed E-state index contributed by atoms with van der Waals surface area (Å²) in [5.74, 6) is 0.895. The summed E-state index contributed by atoms with van der Waals surface area (Å²) in [7, 11) is 0. The fourth-order valence-corrected chi connectivity index (χ4v) is 2.48. The maximum absolute atomic E-state index is 5.73. The van der Waals surface area contributed by atoms with E-state index in [0.29, 0.717) is 11.7 Å². The lowest BCUT2D eigenvalue weighted by atomic mass is 10.2. The van der Waals surface area contributed by atoms with E-state index in [4.69, 9.17) is 17.0 Å². The van der Waals surface area contributed by atoms with E-state index >= 15 is 0 Å². The van der Waals surface area contributed by atoms with Crippen LogP contribution in [-0.4, -0.2) is 17.9 Å². The van der Waals surface area contributed by atoms with Gasteiger partial charge in [0.2, 0.25) is 0 Å². The number of unbranched alkanes of at least 4 members (excludes halogenated alkanes) is 3. The molecule has 26 heavy (non-hydrogen) atoms. The maximum Gasteiger partial charge on any atom is 0.187 e. The molecule has 0 heterocycles. The predicted octanol–water partition coefficient (Wildman–Crippen LogP) is 4.64. The van der Waals surface area contributed by atoms with Crippen LogP contribution in [0.1, 0.15) is 43.7 Å². The zero-order valence-corrected chi connectivity index (χ0v) is 16.1. The molecule has 0 fully saturated rings. The predicted molar refractivity (Wildman–Crippen MR) is 113 cm³/mol. The average Bonchev–Trinajstić information content (AvgIpc) is 2.68. The van der Waals surface area contributed by atoms with Crippen LogP contribution in [0.2, 0.25) is 0 Å². The Morgan fingerprint density at radius 2 is 1.81 bits per heavy atom. The normalized spacial score (nSPS) is 10.7. The molecule has 0 radical (unpaired) electrons. The third-order valence-electron chi connectivity index (χ3n) is 3.82. The number of thiocarbonyl (C=S) groups is 1. The Hall–Kier alpha value is -2.40. The molecular weight excluding hydrogens is 342 g/mol. The molecule has 0 saturated carbocycles. The van der Waals surface area contributed by atoms with Crippen molar-refractivity contribution < 1.29 is 4.74 Å². The van der Waals surface area contributed by atoms with Crippen molar-refractivity contribution in [1.82, 2.24) is 10.7 Å². The largest absolute Gasteiger partial charge is 0.494 e. The Bertz CT molecular complexity index is 671. The number of nitrogens with one attached hydrogen (secondary N) is 2. The molecule has 0 bridgehead atoms. The standard InChI is InChI=1S/C21H27N3OS/c1-2-3-4-8-15-25-20-13-11-19(12-14-20)17-23-24-21(26)22-16-18-9-6-5-7-10-18/h5-7,9-14,17H,2-4,8,15-16H2,1H3,(H2,22,24,26)/b23-17+. The highest BCUT2D eigenvalue weighted by Crippen LogP contribution is 2.12. The molecule has 0 aliphatic rings. The molecule has 0 spiro atoms. The highest BCUT2D eigenvalue weighted by atomic mass is 32.1. The van der Waals surface area contributed by atoms with Crippen molar-refractivity contribution in [3.8, 4) is 5.75 Å². The summed E-state index contributed by atoms with van der Waals surface area (Å²) in [4.78, 5) is 0. The molecule has 0 aliphatic carbocycles. The molecule has 0 aliphatic heterocycles. The molecule has 2 aromatic carbocycles. The van der Waals surface area contributed by atoms with Gasteiger partial charge in [0.25, 0.3) is 0 Å². The van der Waals surface area contributed by atoms with Gasteiger partial charge in [0.1, 0.15) is 5.75 Å². The fourth-order valence-electron chi connectivity index (χ4n) is 2.35. The summed E-state index contributed by atoms with van der Waals surface area (Å²) < 4.78 is 5.73. The molecule has 0 amide bonds. The van der Waals surface area contributed by atoms with Crippen LogP contribution in [0.4, 0.5) is 0 Å². The summed E-state index contributed by atoms with van der Waals surface area (Å²) in [6.07, 6.45) is 6.59. The fraction of sp³-hybridized carbons (Fsp3) is 0.333. The highest BCUT2D eigenvalue weighted by molar-refractivity contribution is 7.80. The van der Waals surface area contributed by atoms with Gasteiger partial charge in [-0.15, -0.1) is 0 Å². The Labute approximate surface area is 161 Å². The average molecular weight is 370 g/mol. The SMILES string of the molecule is CCCCCCOc1ccc(/C=N/NC(=S)NCc2ccccc2)cc1. The van der Waals surface area contributed by atoms with Gasteiger partial charge < -0.3 is 10.1 Å². The third kappa shape index (κ3) is 8.12. The molecule has 5 heteroatoms. The first-order valence-electron chi connectivity index (χ1n) is 9.11. The van der Waals surface area contributed by atoms with Gasteiger partial charge in [-0.1, -0.05) is 56.5 Å². The maximum atomic E-state index is 5.73. The minimum absolute atomic E-state index is 0.497. The summed E-state index contributed by atoms with van der Waals surface area (Å²) in [5, 5.41) is 7.78. The molecule has 0 aromatic heterocycles. The first-order chi connectivity index (χ1) is 12.8. The van der Waals surface area contributed by atoms with E-state index in [1.165, 1.54) is 24.8 Å². The van der Waals surface area contributed by atoms with Crippen LogP contribution in [0.3, 0.4) is 0 Å². The van der Waals surface area contributed by atoms with Crippen molar-refractivity contribution >= 4 is 23.5 Å². The monoisotopic (exact) mass is 369 g/mol. The van der Waals surface area contributed by atoms with Gasteiger partial charge >= 0.3 is 0 Å². The minimum Gasteiger partial charge on any atom is -0.494 e. The molecule has 0 unspecified atom stereocenters. The Morgan fingerprint density at radius 3 is 2.54 bits per heavy atom. The second-order valence-corrected chi connectivity index (χ2v) is 6.42. The van der Waals surface area contributed by atoms with Gasteiger partial charge in [0, 0.05) is 6.54 Å². The number of hydrazone groups is 1. The van der Waals surface area contributed by atoms with E-state index < -0.39 is 0 Å². The van der Waals surface area contributed by atoms with Crippen molar-refractivity contribution in [1.29, 1.82) is 0 Å². The van der Waals surface area contributed by atoms with Crippen LogP contribution in [0.15, 0.2) is 59.7 Å². The summed E-state index contributed by atoms with van der Waals surface area (Å²) in [6.45, 7) is 3.66. The van der Waals surface area contributed by atoms with Gasteiger partial charge in [-0.2, -0.15) is 5.10 Å². The first kappa shape index (κ1) is 19.9. The van der Waals surface area contributed by atoms with E-state index in [1.54, 1.807) is 6.21 Å². The van der Waals surface area contributed by atoms with E-state index in [9.17, 15) is 0 Å². The Balaban J connectivity index is 1.66. The molecule has 0 atom stereocenters. The molecule has 2 N–H and O–H groups in total. The Kier molecular flexibility index (Phi) is 9.22. The van der Waals surface area contributed by atoms with Crippen LogP contribution in [0.5, 0.6) is 5.75 Å². The number of hydrogen-bond acceptors (Lipinski definition) is 3. The van der Waals surface area contributed by atoms with E-state index in [-0.39, 0.29) is 0 Å². The first-order valence-corrected chi connectivity index (χ1v) is 9.52. The van der Waals surface area contributed by atoms with Gasteiger partial charge in [-0.25, -0.2) is 0 Å². The van der Waals surface area contributed by atoms with E-state index in [2.05, 4.69) is 22.8 Å². The third-order valence-corrected chi connectivity index (χ3v) is 4.06. The number of rotatable bonds is 10. The van der Waals surface area contributed by atoms with Crippen LogP contribution in [0.25, 0.3) is 0 Å². The minimum atomic E-state index is 0.497. The Morgan fingerprint density at radius 1 is 1.04 bits per heavy atom. The lowest BCUT2D eigenvalue weighted by molar-refractivity contribution is 0.305. The van der Waals surface area contributed by atoms with Crippen molar-refractivity contribution in [3.63, 3.8) is 0 Å². The number of nitrogens with zero attached hydrogens (tertiary/aromatic N) is 1. The molecule has 2 rings (SSSR count). The van der Waals surface area contributed by atoms with Gasteiger partial charge in [0.05, 0.1) is 12.8 Å². The quantitative estimate of drug-likeness (QED) is 0.277.